The average Bonchev–Trinajstić information content (AvgIpc) is 2.64. The number of ether oxygens (including phenoxy) is 2. The molecule has 1 aliphatic rings. The van der Waals surface area contributed by atoms with Crippen molar-refractivity contribution in [3.63, 3.8) is 0 Å². The van der Waals surface area contributed by atoms with Crippen molar-refractivity contribution in [3.05, 3.63) is 59.7 Å². The highest BCUT2D eigenvalue weighted by molar-refractivity contribution is 5.85. The van der Waals surface area contributed by atoms with Crippen molar-refractivity contribution in [2.24, 2.45) is 0 Å². The quantitative estimate of drug-likeness (QED) is 0.834. The van der Waals surface area contributed by atoms with Crippen LogP contribution in [0.15, 0.2) is 48.5 Å². The van der Waals surface area contributed by atoms with Crippen LogP contribution in [0, 0.1) is 6.92 Å². The van der Waals surface area contributed by atoms with Gasteiger partial charge in [0.25, 0.3) is 5.91 Å². The first-order chi connectivity index (χ1) is 12.1. The van der Waals surface area contributed by atoms with Gasteiger partial charge in [0.2, 0.25) is 12.0 Å². The Morgan fingerprint density at radius 3 is 2.68 bits per heavy atom. The van der Waals surface area contributed by atoms with Gasteiger partial charge in [-0.2, -0.15) is 0 Å². The number of rotatable bonds is 4. The van der Waals surface area contributed by atoms with Crippen molar-refractivity contribution in [2.75, 3.05) is 6.61 Å². The molecule has 6 nitrogen and oxygen atoms in total. The fourth-order valence-electron chi connectivity index (χ4n) is 2.55. The number of hydrazine groups is 1. The minimum atomic E-state index is -0.799. The first-order valence-corrected chi connectivity index (χ1v) is 8.14. The Kier molecular flexibility index (Phi) is 5.18. The summed E-state index contributed by atoms with van der Waals surface area (Å²) in [6, 6.07) is 15.1. The Labute approximate surface area is 146 Å². The normalized spacial score (nSPS) is 15.3. The molecule has 130 valence electrons. The zero-order valence-corrected chi connectivity index (χ0v) is 14.0. The molecule has 2 amide bonds. The Morgan fingerprint density at radius 2 is 1.88 bits per heavy atom. The number of amides is 2. The molecule has 0 fully saturated rings. The summed E-state index contributed by atoms with van der Waals surface area (Å²) in [7, 11) is 0. The van der Waals surface area contributed by atoms with E-state index >= 15 is 0 Å². The second-order valence-corrected chi connectivity index (χ2v) is 5.89. The summed E-state index contributed by atoms with van der Waals surface area (Å²) in [5.41, 5.74) is 7.04. The van der Waals surface area contributed by atoms with Crippen molar-refractivity contribution in [3.8, 4) is 11.5 Å². The van der Waals surface area contributed by atoms with Gasteiger partial charge in [0.15, 0.2) is 11.5 Å². The monoisotopic (exact) mass is 340 g/mol. The van der Waals surface area contributed by atoms with Gasteiger partial charge in [0, 0.05) is 6.42 Å². The van der Waals surface area contributed by atoms with Gasteiger partial charge in [0.05, 0.1) is 0 Å². The van der Waals surface area contributed by atoms with Crippen LogP contribution < -0.4 is 20.3 Å². The Bertz CT molecular complexity index is 776. The second kappa shape index (κ2) is 7.70. The van der Waals surface area contributed by atoms with Crippen LogP contribution >= 0.6 is 0 Å². The number of carbonyl (C=O) groups is 2. The molecule has 1 unspecified atom stereocenters. The van der Waals surface area contributed by atoms with Crippen molar-refractivity contribution in [1.29, 1.82) is 0 Å². The summed E-state index contributed by atoms with van der Waals surface area (Å²) in [5.74, 6) is 0.416. The van der Waals surface area contributed by atoms with E-state index in [0.717, 1.165) is 11.1 Å². The SMILES string of the molecule is Cc1cccc(CCC(=O)NNC(=O)C2COc3ccccc3O2)c1. The number of hydrogen-bond donors (Lipinski definition) is 2. The zero-order valence-electron chi connectivity index (χ0n) is 14.0. The molecule has 25 heavy (non-hydrogen) atoms. The minimum absolute atomic E-state index is 0.0992. The molecule has 0 saturated heterocycles. The molecule has 0 aromatic heterocycles. The fraction of sp³-hybridized carbons (Fsp3) is 0.263. The van der Waals surface area contributed by atoms with E-state index in [1.165, 1.54) is 0 Å². The van der Waals surface area contributed by atoms with E-state index < -0.39 is 12.0 Å². The lowest BCUT2D eigenvalue weighted by Gasteiger charge is -2.25. The molecule has 0 radical (unpaired) electrons. The summed E-state index contributed by atoms with van der Waals surface area (Å²) in [5, 5.41) is 0. The molecule has 2 aromatic rings. The lowest BCUT2D eigenvalue weighted by atomic mass is 10.1. The maximum absolute atomic E-state index is 12.1. The smallest absolute Gasteiger partial charge is 0.283 e. The third-order valence-electron chi connectivity index (χ3n) is 3.85. The van der Waals surface area contributed by atoms with Gasteiger partial charge < -0.3 is 9.47 Å². The summed E-state index contributed by atoms with van der Waals surface area (Å²) >= 11 is 0. The molecular formula is C19H20N2O4. The molecule has 2 N–H and O–H groups in total. The van der Waals surface area contributed by atoms with E-state index in [4.69, 9.17) is 9.47 Å². The summed E-state index contributed by atoms with van der Waals surface area (Å²) < 4.78 is 11.1. The van der Waals surface area contributed by atoms with Crippen LogP contribution in [0.3, 0.4) is 0 Å². The van der Waals surface area contributed by atoms with Crippen molar-refractivity contribution < 1.29 is 19.1 Å². The molecule has 0 bridgehead atoms. The second-order valence-electron chi connectivity index (χ2n) is 5.89. The van der Waals surface area contributed by atoms with E-state index in [0.29, 0.717) is 17.9 Å². The molecule has 1 aliphatic heterocycles. The fourth-order valence-corrected chi connectivity index (χ4v) is 2.55. The van der Waals surface area contributed by atoms with Gasteiger partial charge in [-0.3, -0.25) is 20.4 Å². The topological polar surface area (TPSA) is 76.7 Å². The van der Waals surface area contributed by atoms with Gasteiger partial charge in [0.1, 0.15) is 6.61 Å². The van der Waals surface area contributed by atoms with E-state index in [9.17, 15) is 9.59 Å². The molecular weight excluding hydrogens is 320 g/mol. The zero-order chi connectivity index (χ0) is 17.6. The Morgan fingerprint density at radius 1 is 1.08 bits per heavy atom. The first-order valence-electron chi connectivity index (χ1n) is 8.14. The van der Waals surface area contributed by atoms with Gasteiger partial charge in [-0.1, -0.05) is 42.0 Å². The number of carbonyl (C=O) groups excluding carboxylic acids is 2. The Balaban J connectivity index is 1.44. The number of fused-ring (bicyclic) bond motifs is 1. The highest BCUT2D eigenvalue weighted by Crippen LogP contribution is 2.30. The molecule has 1 heterocycles. The Hall–Kier alpha value is -3.02. The van der Waals surface area contributed by atoms with Crippen LogP contribution in [0.2, 0.25) is 0 Å². The number of benzene rings is 2. The average molecular weight is 340 g/mol. The summed E-state index contributed by atoms with van der Waals surface area (Å²) in [4.78, 5) is 24.0. The number of hydrogen-bond acceptors (Lipinski definition) is 4. The predicted octanol–water partition coefficient (Wildman–Crippen LogP) is 1.92. The van der Waals surface area contributed by atoms with Crippen LogP contribution in [-0.4, -0.2) is 24.5 Å². The molecule has 3 rings (SSSR count). The van der Waals surface area contributed by atoms with Crippen molar-refractivity contribution >= 4 is 11.8 Å². The first kappa shape index (κ1) is 16.8. The molecule has 0 aliphatic carbocycles. The predicted molar refractivity (Wildman–Crippen MR) is 92.1 cm³/mol. The van der Waals surface area contributed by atoms with Crippen LogP contribution in [0.4, 0.5) is 0 Å². The number of nitrogens with one attached hydrogen (secondary N) is 2. The molecule has 0 saturated carbocycles. The molecule has 1 atom stereocenters. The lowest BCUT2D eigenvalue weighted by molar-refractivity contribution is -0.135. The van der Waals surface area contributed by atoms with Gasteiger partial charge in [-0.25, -0.2) is 0 Å². The third-order valence-corrected chi connectivity index (χ3v) is 3.85. The van der Waals surface area contributed by atoms with Crippen LogP contribution in [-0.2, 0) is 16.0 Å². The van der Waals surface area contributed by atoms with Gasteiger partial charge in [-0.15, -0.1) is 0 Å². The summed E-state index contributed by atoms with van der Waals surface area (Å²) in [6.45, 7) is 2.11. The maximum Gasteiger partial charge on any atom is 0.283 e. The largest absolute Gasteiger partial charge is 0.485 e. The minimum Gasteiger partial charge on any atom is -0.485 e. The highest BCUT2D eigenvalue weighted by atomic mass is 16.6. The van der Waals surface area contributed by atoms with Gasteiger partial charge >= 0.3 is 0 Å². The van der Waals surface area contributed by atoms with Crippen LogP contribution in [0.5, 0.6) is 11.5 Å². The summed E-state index contributed by atoms with van der Waals surface area (Å²) in [6.07, 6.45) is 0.0981. The van der Waals surface area contributed by atoms with Crippen LogP contribution in [0.25, 0.3) is 0 Å². The van der Waals surface area contributed by atoms with Crippen LogP contribution in [0.1, 0.15) is 17.5 Å². The lowest BCUT2D eigenvalue weighted by Crippen LogP contribution is -2.50. The molecule has 0 spiro atoms. The highest BCUT2D eigenvalue weighted by Gasteiger charge is 2.27. The third kappa shape index (κ3) is 4.50. The van der Waals surface area contributed by atoms with E-state index in [1.807, 2.05) is 37.3 Å². The van der Waals surface area contributed by atoms with E-state index in [-0.39, 0.29) is 18.9 Å². The standard InChI is InChI=1S/C19H20N2O4/c1-13-5-4-6-14(11-13)9-10-18(22)20-21-19(23)17-12-24-15-7-2-3-8-16(15)25-17/h2-8,11,17H,9-10,12H2,1H3,(H,20,22)(H,21,23). The molecule has 6 heteroatoms. The molecule has 2 aromatic carbocycles. The number of para-hydroxylation sites is 2. The van der Waals surface area contributed by atoms with Crippen molar-refractivity contribution in [2.45, 2.75) is 25.9 Å². The van der Waals surface area contributed by atoms with E-state index in [1.54, 1.807) is 18.2 Å². The number of aryl methyl sites for hydroxylation is 2. The van der Waals surface area contributed by atoms with E-state index in [2.05, 4.69) is 10.9 Å². The maximum atomic E-state index is 12.1. The van der Waals surface area contributed by atoms with Gasteiger partial charge in [-0.05, 0) is 31.0 Å². The van der Waals surface area contributed by atoms with Crippen molar-refractivity contribution in [1.82, 2.24) is 10.9 Å².